The summed E-state index contributed by atoms with van der Waals surface area (Å²) in [7, 11) is 1.53. The monoisotopic (exact) mass is 398 g/mol. The average Bonchev–Trinajstić information content (AvgIpc) is 2.94. The third kappa shape index (κ3) is 2.26. The maximum atomic E-state index is 12.5. The molecule has 0 atom stereocenters. The van der Waals surface area contributed by atoms with E-state index in [4.69, 9.17) is 17.0 Å². The van der Waals surface area contributed by atoms with Crippen molar-refractivity contribution < 1.29 is 14.3 Å². The summed E-state index contributed by atoms with van der Waals surface area (Å²) in [6.45, 7) is 2.33. The molecule has 1 aromatic carbocycles. The molecule has 0 saturated carbocycles. The Bertz CT molecular complexity index is 761. The summed E-state index contributed by atoms with van der Waals surface area (Å²) in [6, 6.07) is 3.56. The number of thiocarbonyl (C=S) groups is 1. The van der Waals surface area contributed by atoms with Crippen LogP contribution in [0.25, 0.3) is 5.57 Å². The number of rotatable bonds is 2. The molecule has 0 bridgehead atoms. The van der Waals surface area contributed by atoms with Gasteiger partial charge in [-0.05, 0) is 19.1 Å². The summed E-state index contributed by atoms with van der Waals surface area (Å²) < 4.78 is 6.53. The smallest absolute Gasteiger partial charge is 0.266 e. The number of benzene rings is 1. The first kappa shape index (κ1) is 15.5. The van der Waals surface area contributed by atoms with Crippen LogP contribution in [0.5, 0.6) is 5.75 Å². The lowest BCUT2D eigenvalue weighted by molar-refractivity contribution is -0.122. The molecule has 1 N–H and O–H groups in total. The molecular weight excluding hydrogens is 388 g/mol. The number of ether oxygens (including phenoxy) is 1. The predicted octanol–water partition coefficient (Wildman–Crippen LogP) is 3.00. The molecule has 22 heavy (non-hydrogen) atoms. The normalized spacial score (nSPS) is 20.5. The number of methoxy groups -OCH3 is 1. The Morgan fingerprint density at radius 3 is 2.73 bits per heavy atom. The minimum Gasteiger partial charge on any atom is -0.495 e. The molecule has 3 rings (SSSR count). The molecule has 0 aliphatic carbocycles. The summed E-state index contributed by atoms with van der Waals surface area (Å²) in [5, 5.41) is 2.77. The van der Waals surface area contributed by atoms with E-state index in [-0.39, 0.29) is 11.8 Å². The number of hydrogen-bond acceptors (Lipinski definition) is 5. The Balaban J connectivity index is 2.22. The van der Waals surface area contributed by atoms with Crippen LogP contribution in [0, 0.1) is 0 Å². The SMILES string of the molecule is CCN1C(=O)/C(=C2/C(=O)Nc3c(OC)cc(Br)cc32)SC1=S. The Hall–Kier alpha value is -1.38. The number of carbonyl (C=O) groups excluding carboxylic acids is 2. The van der Waals surface area contributed by atoms with E-state index in [0.717, 1.165) is 16.2 Å². The minimum absolute atomic E-state index is 0.227. The average molecular weight is 399 g/mol. The van der Waals surface area contributed by atoms with Crippen molar-refractivity contribution in [1.82, 2.24) is 4.90 Å². The first-order valence-corrected chi connectivity index (χ1v) is 8.46. The third-order valence-electron chi connectivity index (χ3n) is 3.41. The number of nitrogens with zero attached hydrogens (tertiary/aromatic N) is 1. The van der Waals surface area contributed by atoms with Gasteiger partial charge in [0.05, 0.1) is 23.3 Å². The number of hydrogen-bond donors (Lipinski definition) is 1. The van der Waals surface area contributed by atoms with Gasteiger partial charge in [0.1, 0.15) is 10.1 Å². The fourth-order valence-corrected chi connectivity index (χ4v) is 4.31. The van der Waals surface area contributed by atoms with Crippen LogP contribution in [0.15, 0.2) is 21.5 Å². The van der Waals surface area contributed by atoms with E-state index in [9.17, 15) is 9.59 Å². The van der Waals surface area contributed by atoms with Crippen LogP contribution >= 0.6 is 39.9 Å². The molecule has 114 valence electrons. The van der Waals surface area contributed by atoms with Crippen LogP contribution in [-0.4, -0.2) is 34.7 Å². The van der Waals surface area contributed by atoms with Crippen molar-refractivity contribution in [1.29, 1.82) is 0 Å². The van der Waals surface area contributed by atoms with E-state index in [1.807, 2.05) is 6.92 Å². The zero-order chi connectivity index (χ0) is 16.0. The fourth-order valence-electron chi connectivity index (χ4n) is 2.41. The number of anilines is 1. The van der Waals surface area contributed by atoms with Gasteiger partial charge in [0.2, 0.25) is 0 Å². The molecule has 2 aliphatic rings. The molecule has 8 heteroatoms. The Labute approximate surface area is 145 Å². The largest absolute Gasteiger partial charge is 0.495 e. The lowest BCUT2D eigenvalue weighted by Crippen LogP contribution is -2.27. The van der Waals surface area contributed by atoms with E-state index < -0.39 is 0 Å². The van der Waals surface area contributed by atoms with E-state index in [1.54, 1.807) is 12.1 Å². The highest BCUT2D eigenvalue weighted by Crippen LogP contribution is 2.46. The van der Waals surface area contributed by atoms with Crippen LogP contribution in [0.4, 0.5) is 5.69 Å². The highest BCUT2D eigenvalue weighted by atomic mass is 79.9. The maximum absolute atomic E-state index is 12.5. The predicted molar refractivity (Wildman–Crippen MR) is 93.8 cm³/mol. The van der Waals surface area contributed by atoms with Gasteiger partial charge in [-0.15, -0.1) is 0 Å². The Kier molecular flexibility index (Phi) is 4.00. The van der Waals surface area contributed by atoms with E-state index in [2.05, 4.69) is 21.2 Å². The second kappa shape index (κ2) is 5.68. The summed E-state index contributed by atoms with van der Waals surface area (Å²) in [6.07, 6.45) is 0. The lowest BCUT2D eigenvalue weighted by atomic mass is 10.1. The molecule has 0 unspecified atom stereocenters. The molecule has 1 aromatic rings. The maximum Gasteiger partial charge on any atom is 0.266 e. The molecule has 0 radical (unpaired) electrons. The van der Waals surface area contributed by atoms with E-state index in [1.165, 1.54) is 12.0 Å². The molecule has 2 aliphatic heterocycles. The number of carbonyl (C=O) groups is 2. The second-order valence-electron chi connectivity index (χ2n) is 4.61. The van der Waals surface area contributed by atoms with Crippen molar-refractivity contribution in [2.75, 3.05) is 19.0 Å². The van der Waals surface area contributed by atoms with Gasteiger partial charge in [-0.2, -0.15) is 0 Å². The fraction of sp³-hybridized carbons (Fsp3) is 0.214. The summed E-state index contributed by atoms with van der Waals surface area (Å²) in [4.78, 5) is 26.7. The van der Waals surface area contributed by atoms with Crippen LogP contribution in [0.3, 0.4) is 0 Å². The minimum atomic E-state index is -0.317. The van der Waals surface area contributed by atoms with Gasteiger partial charge in [0.15, 0.2) is 0 Å². The number of amides is 2. The Morgan fingerprint density at radius 2 is 2.14 bits per heavy atom. The highest BCUT2D eigenvalue weighted by Gasteiger charge is 2.39. The zero-order valence-corrected chi connectivity index (χ0v) is 14.9. The van der Waals surface area contributed by atoms with Crippen LogP contribution < -0.4 is 10.1 Å². The molecule has 0 spiro atoms. The van der Waals surface area contributed by atoms with Crippen molar-refractivity contribution >= 4 is 67.3 Å². The summed E-state index contributed by atoms with van der Waals surface area (Å²) >= 11 is 9.77. The van der Waals surface area contributed by atoms with Crippen molar-refractivity contribution in [2.24, 2.45) is 0 Å². The van der Waals surface area contributed by atoms with Gasteiger partial charge in [-0.25, -0.2) is 0 Å². The van der Waals surface area contributed by atoms with Gasteiger partial charge in [-0.1, -0.05) is 39.9 Å². The van der Waals surface area contributed by atoms with Gasteiger partial charge >= 0.3 is 0 Å². The molecule has 1 saturated heterocycles. The number of likely N-dealkylation sites (N-methyl/N-ethyl adjacent to an activating group) is 1. The van der Waals surface area contributed by atoms with E-state index >= 15 is 0 Å². The Morgan fingerprint density at radius 1 is 1.41 bits per heavy atom. The van der Waals surface area contributed by atoms with Gasteiger partial charge in [-0.3, -0.25) is 14.5 Å². The van der Waals surface area contributed by atoms with E-state index in [0.29, 0.717) is 38.3 Å². The van der Waals surface area contributed by atoms with Crippen molar-refractivity contribution in [3.63, 3.8) is 0 Å². The topological polar surface area (TPSA) is 58.6 Å². The van der Waals surface area contributed by atoms with Crippen molar-refractivity contribution in [3.05, 3.63) is 27.1 Å². The highest BCUT2D eigenvalue weighted by molar-refractivity contribution is 9.10. The van der Waals surface area contributed by atoms with Crippen LogP contribution in [0.2, 0.25) is 0 Å². The van der Waals surface area contributed by atoms with Crippen LogP contribution in [0.1, 0.15) is 12.5 Å². The van der Waals surface area contributed by atoms with Gasteiger partial charge in [0, 0.05) is 16.6 Å². The standard InChI is InChI=1S/C14H11BrN2O3S2/c1-3-17-13(19)11(22-14(17)21)9-7-4-6(15)5-8(20-2)10(7)16-12(9)18/h4-5H,3H2,1-2H3,(H,16,18)/b11-9-. The number of fused-ring (bicyclic) bond motifs is 1. The quantitative estimate of drug-likeness (QED) is 0.612. The molecular formula is C14H11BrN2O3S2. The first-order chi connectivity index (χ1) is 10.5. The lowest BCUT2D eigenvalue weighted by Gasteiger charge is -2.10. The summed E-state index contributed by atoms with van der Waals surface area (Å²) in [5.41, 5.74) is 1.57. The molecule has 2 amide bonds. The van der Waals surface area contributed by atoms with Crippen LogP contribution in [-0.2, 0) is 9.59 Å². The van der Waals surface area contributed by atoms with Gasteiger partial charge in [0.25, 0.3) is 11.8 Å². The summed E-state index contributed by atoms with van der Waals surface area (Å²) in [5.74, 6) is -0.00357. The molecule has 1 fully saturated rings. The molecule has 5 nitrogen and oxygen atoms in total. The molecule has 0 aromatic heterocycles. The second-order valence-corrected chi connectivity index (χ2v) is 7.17. The number of halogens is 1. The molecule has 2 heterocycles. The first-order valence-electron chi connectivity index (χ1n) is 6.45. The van der Waals surface area contributed by atoms with Crippen molar-refractivity contribution in [3.8, 4) is 5.75 Å². The number of nitrogens with one attached hydrogen (secondary N) is 1. The van der Waals surface area contributed by atoms with Crippen molar-refractivity contribution in [2.45, 2.75) is 6.92 Å². The number of thioether (sulfide) groups is 1. The third-order valence-corrected chi connectivity index (χ3v) is 5.32. The zero-order valence-electron chi connectivity index (χ0n) is 11.7. The van der Waals surface area contributed by atoms with Gasteiger partial charge < -0.3 is 10.1 Å².